The quantitative estimate of drug-likeness (QED) is 0.627. The van der Waals surface area contributed by atoms with Crippen LogP contribution in [-0.2, 0) is 14.8 Å². The number of nitrogens with zero attached hydrogens (tertiary/aromatic N) is 3. The minimum Gasteiger partial charge on any atom is -0.340 e. The second-order valence-electron chi connectivity index (χ2n) is 8.73. The van der Waals surface area contributed by atoms with Crippen LogP contribution in [0.25, 0.3) is 0 Å². The predicted octanol–water partition coefficient (Wildman–Crippen LogP) is 2.04. The highest BCUT2D eigenvalue weighted by Crippen LogP contribution is 2.24. The Kier molecular flexibility index (Phi) is 8.60. The molecule has 10 heteroatoms. The molecule has 0 spiro atoms. The van der Waals surface area contributed by atoms with E-state index in [4.69, 9.17) is 0 Å². The summed E-state index contributed by atoms with van der Waals surface area (Å²) in [6.45, 7) is 7.60. The van der Waals surface area contributed by atoms with Crippen LogP contribution in [0.15, 0.2) is 23.1 Å². The van der Waals surface area contributed by atoms with Gasteiger partial charge < -0.3 is 10.2 Å². The first-order valence-electron chi connectivity index (χ1n) is 11.4. The molecular weight excluding hydrogens is 438 g/mol. The van der Waals surface area contributed by atoms with Gasteiger partial charge in [-0.25, -0.2) is 17.2 Å². The lowest BCUT2D eigenvalue weighted by Gasteiger charge is -2.40. The van der Waals surface area contributed by atoms with Gasteiger partial charge in [0.1, 0.15) is 0 Å². The van der Waals surface area contributed by atoms with E-state index >= 15 is 0 Å². The third-order valence-electron chi connectivity index (χ3n) is 6.56. The Morgan fingerprint density at radius 3 is 2.38 bits per heavy atom. The molecule has 1 aromatic rings. The monoisotopic (exact) mass is 472 g/mol. The summed E-state index contributed by atoms with van der Waals surface area (Å²) < 4.78 is 55.0. The molecule has 2 unspecified atom stereocenters. The van der Waals surface area contributed by atoms with E-state index in [1.807, 2.05) is 0 Å². The van der Waals surface area contributed by atoms with Crippen molar-refractivity contribution in [1.29, 1.82) is 0 Å². The Balaban J connectivity index is 1.76. The summed E-state index contributed by atoms with van der Waals surface area (Å²) in [7, 11) is -4.09. The van der Waals surface area contributed by atoms with Crippen LogP contribution in [0.5, 0.6) is 0 Å². The number of amides is 1. The van der Waals surface area contributed by atoms with Crippen LogP contribution in [0.1, 0.15) is 39.5 Å². The number of piperazine rings is 1. The zero-order chi connectivity index (χ0) is 23.3. The first kappa shape index (κ1) is 25.0. The average molecular weight is 473 g/mol. The number of hydrogen-bond donors (Lipinski definition) is 1. The number of carbonyl (C=O) groups excluding carboxylic acids is 1. The smallest absolute Gasteiger partial charge is 0.243 e. The number of hydrogen-bond acceptors (Lipinski definition) is 5. The second kappa shape index (κ2) is 11.0. The van der Waals surface area contributed by atoms with Gasteiger partial charge in [0.25, 0.3) is 0 Å². The largest absolute Gasteiger partial charge is 0.340 e. The molecule has 7 nitrogen and oxygen atoms in total. The molecule has 32 heavy (non-hydrogen) atoms. The molecule has 0 saturated carbocycles. The normalized spacial score (nSPS) is 23.0. The maximum absolute atomic E-state index is 13.8. The summed E-state index contributed by atoms with van der Waals surface area (Å²) in [5.41, 5.74) is 0. The van der Waals surface area contributed by atoms with Crippen LogP contribution in [0.2, 0.25) is 0 Å². The molecule has 180 valence electrons. The minimum absolute atomic E-state index is 0.000687. The van der Waals surface area contributed by atoms with Crippen LogP contribution in [0.4, 0.5) is 8.78 Å². The molecule has 0 aliphatic carbocycles. The van der Waals surface area contributed by atoms with Gasteiger partial charge in [0.15, 0.2) is 11.6 Å². The summed E-state index contributed by atoms with van der Waals surface area (Å²) in [5.74, 6) is -2.40. The number of sulfonamides is 1. The maximum Gasteiger partial charge on any atom is 0.243 e. The highest BCUT2D eigenvalue weighted by atomic mass is 32.2. The van der Waals surface area contributed by atoms with Crippen LogP contribution < -0.4 is 5.32 Å². The molecule has 0 bridgehead atoms. The van der Waals surface area contributed by atoms with Gasteiger partial charge in [-0.05, 0) is 44.9 Å². The van der Waals surface area contributed by atoms with Gasteiger partial charge in [0, 0.05) is 64.3 Å². The fourth-order valence-corrected chi connectivity index (χ4v) is 6.02. The first-order chi connectivity index (χ1) is 15.2. The Bertz CT molecular complexity index is 883. The molecule has 1 amide bonds. The van der Waals surface area contributed by atoms with E-state index in [1.54, 1.807) is 4.90 Å². The Morgan fingerprint density at radius 2 is 1.75 bits per heavy atom. The second-order valence-corrected chi connectivity index (χ2v) is 10.7. The van der Waals surface area contributed by atoms with E-state index in [0.717, 1.165) is 31.4 Å². The van der Waals surface area contributed by atoms with E-state index < -0.39 is 21.7 Å². The molecule has 0 aromatic heterocycles. The molecule has 2 aliphatic rings. The SMILES string of the molecule is CC1CCCC(C)N1CCN(CCC(=O)N1CCNCC1)S(=O)(=O)c1ccc(F)c(F)c1. The molecule has 2 saturated heterocycles. The minimum atomic E-state index is -4.09. The van der Waals surface area contributed by atoms with Crippen molar-refractivity contribution < 1.29 is 22.0 Å². The van der Waals surface area contributed by atoms with E-state index in [-0.39, 0.29) is 30.3 Å². The van der Waals surface area contributed by atoms with Gasteiger partial charge in [0.2, 0.25) is 15.9 Å². The molecule has 1 N–H and O–H groups in total. The fraction of sp³-hybridized carbons (Fsp3) is 0.682. The maximum atomic E-state index is 13.8. The van der Waals surface area contributed by atoms with E-state index in [2.05, 4.69) is 24.1 Å². The summed E-state index contributed by atoms with van der Waals surface area (Å²) >= 11 is 0. The number of piperidine rings is 1. The Labute approximate surface area is 189 Å². The standard InChI is InChI=1S/C22H34F2N4O3S/c1-17-4-3-5-18(2)28(17)15-14-27(11-8-22(29)26-12-9-25-10-13-26)32(30,31)19-6-7-20(23)21(24)16-19/h6-7,16-18,25H,3-5,8-15H2,1-2H3. The van der Waals surface area contributed by atoms with E-state index in [9.17, 15) is 22.0 Å². The molecule has 2 aliphatic heterocycles. The van der Waals surface area contributed by atoms with Crippen molar-refractivity contribution in [3.63, 3.8) is 0 Å². The number of rotatable bonds is 8. The summed E-state index contributed by atoms with van der Waals surface area (Å²) in [4.78, 5) is 16.3. The summed E-state index contributed by atoms with van der Waals surface area (Å²) in [5, 5.41) is 3.18. The van der Waals surface area contributed by atoms with Crippen molar-refractivity contribution in [2.75, 3.05) is 45.8 Å². The third kappa shape index (κ3) is 6.03. The summed E-state index contributed by atoms with van der Waals surface area (Å²) in [6.07, 6.45) is 3.31. The number of carbonyl (C=O) groups is 1. The highest BCUT2D eigenvalue weighted by molar-refractivity contribution is 7.89. The van der Waals surface area contributed by atoms with Crippen molar-refractivity contribution in [1.82, 2.24) is 19.4 Å². The van der Waals surface area contributed by atoms with Crippen LogP contribution in [-0.4, -0.2) is 86.3 Å². The lowest BCUT2D eigenvalue weighted by molar-refractivity contribution is -0.131. The van der Waals surface area contributed by atoms with Crippen molar-refractivity contribution in [2.24, 2.45) is 0 Å². The molecule has 2 fully saturated rings. The molecule has 2 heterocycles. The van der Waals surface area contributed by atoms with E-state index in [1.165, 1.54) is 4.31 Å². The summed E-state index contributed by atoms with van der Waals surface area (Å²) in [6, 6.07) is 3.29. The van der Waals surface area contributed by atoms with Crippen LogP contribution >= 0.6 is 0 Å². The number of likely N-dealkylation sites (tertiary alicyclic amines) is 1. The van der Waals surface area contributed by atoms with Crippen molar-refractivity contribution in [3.05, 3.63) is 29.8 Å². The predicted molar refractivity (Wildman–Crippen MR) is 119 cm³/mol. The van der Waals surface area contributed by atoms with Gasteiger partial charge in [-0.1, -0.05) is 6.42 Å². The third-order valence-corrected chi connectivity index (χ3v) is 8.45. The topological polar surface area (TPSA) is 73.0 Å². The van der Waals surface area contributed by atoms with Crippen LogP contribution in [0.3, 0.4) is 0 Å². The van der Waals surface area contributed by atoms with Gasteiger partial charge in [-0.15, -0.1) is 0 Å². The number of halogens is 2. The van der Waals surface area contributed by atoms with Gasteiger partial charge in [0.05, 0.1) is 4.90 Å². The highest BCUT2D eigenvalue weighted by Gasteiger charge is 2.30. The van der Waals surface area contributed by atoms with Crippen molar-refractivity contribution >= 4 is 15.9 Å². The van der Waals surface area contributed by atoms with Crippen molar-refractivity contribution in [3.8, 4) is 0 Å². The number of benzene rings is 1. The zero-order valence-electron chi connectivity index (χ0n) is 18.9. The number of nitrogens with one attached hydrogen (secondary N) is 1. The van der Waals surface area contributed by atoms with E-state index in [0.29, 0.717) is 50.9 Å². The van der Waals surface area contributed by atoms with Gasteiger partial charge in [-0.3, -0.25) is 9.69 Å². The van der Waals surface area contributed by atoms with Gasteiger partial charge >= 0.3 is 0 Å². The zero-order valence-corrected chi connectivity index (χ0v) is 19.7. The first-order valence-corrected chi connectivity index (χ1v) is 12.8. The van der Waals surface area contributed by atoms with Crippen molar-refractivity contribution in [2.45, 2.75) is 56.5 Å². The molecule has 1 aromatic carbocycles. The van der Waals surface area contributed by atoms with Crippen LogP contribution in [0, 0.1) is 11.6 Å². The average Bonchev–Trinajstić information content (AvgIpc) is 2.77. The Morgan fingerprint density at radius 1 is 1.09 bits per heavy atom. The fourth-order valence-electron chi connectivity index (χ4n) is 4.57. The molecular formula is C22H34F2N4O3S. The Hall–Kier alpha value is -1.62. The lowest BCUT2D eigenvalue weighted by Crippen LogP contribution is -2.49. The lowest BCUT2D eigenvalue weighted by atomic mass is 9.98. The molecule has 0 radical (unpaired) electrons. The molecule has 2 atom stereocenters. The molecule has 3 rings (SSSR count). The van der Waals surface area contributed by atoms with Gasteiger partial charge in [-0.2, -0.15) is 4.31 Å².